The fourth-order valence-corrected chi connectivity index (χ4v) is 12.5. The zero-order valence-electron chi connectivity index (χ0n) is 27.6. The topological polar surface area (TPSA) is 82.3 Å². The first-order chi connectivity index (χ1) is 22.1. The molecule has 2 heterocycles. The van der Waals surface area contributed by atoms with E-state index in [0.29, 0.717) is 18.3 Å². The van der Waals surface area contributed by atoms with E-state index in [1.807, 2.05) is 6.07 Å². The van der Waals surface area contributed by atoms with E-state index >= 15 is 0 Å². The largest absolute Gasteiger partial charge is 0.407 e. The number of rotatable bonds is 9. The van der Waals surface area contributed by atoms with Gasteiger partial charge in [0.05, 0.1) is 11.0 Å². The van der Waals surface area contributed by atoms with Gasteiger partial charge in [0.2, 0.25) is 11.8 Å². The highest BCUT2D eigenvalue weighted by atomic mass is 28.4. The third-order valence-electron chi connectivity index (χ3n) is 10.4. The first-order valence-corrected chi connectivity index (χ1v) is 18.8. The summed E-state index contributed by atoms with van der Waals surface area (Å²) in [7, 11) is -0.764. The molecule has 1 unspecified atom stereocenters. The standard InChI is InChI=1S/C38H47N3O4Si/c1-38(2,3)46(30-11-7-5-8-12-30,31-13-9-6-10-14-31)45-26-29-19-16-27(17-20-29)15-18-28-21-22-32-34(25-28)40(4)37(44)41(32)33-23-24-35(42)39-36(33)43/h5-14,21-22,25,27,29,33H,15-20,23-24,26H2,1-4H3,(H,39,42,43)/t27-,29+,33?. The van der Waals surface area contributed by atoms with Gasteiger partial charge in [-0.1, -0.05) is 100 Å². The Labute approximate surface area is 273 Å². The Hall–Kier alpha value is -3.75. The lowest BCUT2D eigenvalue weighted by atomic mass is 9.80. The minimum absolute atomic E-state index is 0.0135. The highest BCUT2D eigenvalue weighted by Crippen LogP contribution is 2.39. The molecule has 2 fully saturated rings. The summed E-state index contributed by atoms with van der Waals surface area (Å²) in [5, 5.41) is 5.04. The summed E-state index contributed by atoms with van der Waals surface area (Å²) in [6.45, 7) is 7.83. The number of hydrogen-bond donors (Lipinski definition) is 1. The first kappa shape index (κ1) is 32.2. The number of piperidine rings is 1. The summed E-state index contributed by atoms with van der Waals surface area (Å²) in [5.74, 6) is 0.563. The van der Waals surface area contributed by atoms with E-state index in [0.717, 1.165) is 30.5 Å². The lowest BCUT2D eigenvalue weighted by Crippen LogP contribution is -2.66. The van der Waals surface area contributed by atoms with E-state index < -0.39 is 20.3 Å². The maximum atomic E-state index is 13.1. The van der Waals surface area contributed by atoms with Crippen LogP contribution in [0.4, 0.5) is 0 Å². The molecule has 4 aromatic rings. The fourth-order valence-electron chi connectivity index (χ4n) is 7.86. The molecule has 1 aliphatic heterocycles. The number of fused-ring (bicyclic) bond motifs is 1. The van der Waals surface area contributed by atoms with Crippen LogP contribution in [0.3, 0.4) is 0 Å². The molecular formula is C38H47N3O4Si. The van der Waals surface area contributed by atoms with Crippen molar-refractivity contribution in [2.75, 3.05) is 6.61 Å². The number of nitrogens with one attached hydrogen (secondary N) is 1. The molecule has 8 heteroatoms. The molecule has 0 bridgehead atoms. The van der Waals surface area contributed by atoms with Gasteiger partial charge in [-0.25, -0.2) is 4.79 Å². The van der Waals surface area contributed by atoms with Gasteiger partial charge in [0.1, 0.15) is 6.04 Å². The number of aromatic nitrogens is 2. The highest BCUT2D eigenvalue weighted by Gasteiger charge is 2.50. The van der Waals surface area contributed by atoms with Crippen LogP contribution < -0.4 is 21.4 Å². The Morgan fingerprint density at radius 3 is 2.00 bits per heavy atom. The maximum absolute atomic E-state index is 13.1. The van der Waals surface area contributed by atoms with Crippen LogP contribution in [0.5, 0.6) is 0 Å². The van der Waals surface area contributed by atoms with Crippen molar-refractivity contribution < 1.29 is 14.0 Å². The third-order valence-corrected chi connectivity index (χ3v) is 15.4. The fraction of sp³-hybridized carbons (Fsp3) is 0.447. The summed E-state index contributed by atoms with van der Waals surface area (Å²) in [6, 6.07) is 27.3. The number of imidazole rings is 1. The quantitative estimate of drug-likeness (QED) is 0.191. The summed E-state index contributed by atoms with van der Waals surface area (Å²) < 4.78 is 10.4. The van der Waals surface area contributed by atoms with Crippen molar-refractivity contribution in [2.24, 2.45) is 18.9 Å². The second-order valence-corrected chi connectivity index (χ2v) is 18.7. The van der Waals surface area contributed by atoms with Crippen molar-refractivity contribution in [3.05, 3.63) is 94.9 Å². The smallest absolute Gasteiger partial charge is 0.329 e. The number of carbonyl (C=O) groups excluding carboxylic acids is 2. The Bertz CT molecular complexity index is 1710. The van der Waals surface area contributed by atoms with Crippen molar-refractivity contribution in [3.63, 3.8) is 0 Å². The van der Waals surface area contributed by atoms with Crippen molar-refractivity contribution >= 4 is 41.5 Å². The first-order valence-electron chi connectivity index (χ1n) is 16.9. The molecule has 1 saturated heterocycles. The normalized spacial score (nSPS) is 21.0. The Balaban J connectivity index is 1.09. The second kappa shape index (κ2) is 13.2. The van der Waals surface area contributed by atoms with E-state index in [2.05, 4.69) is 98.9 Å². The summed E-state index contributed by atoms with van der Waals surface area (Å²) in [6.07, 6.45) is 7.46. The van der Waals surface area contributed by atoms with E-state index in [4.69, 9.17) is 4.43 Å². The molecule has 46 heavy (non-hydrogen) atoms. The Kier molecular flexibility index (Phi) is 9.21. The van der Waals surface area contributed by atoms with Gasteiger partial charge in [-0.3, -0.25) is 24.0 Å². The van der Waals surface area contributed by atoms with Crippen molar-refractivity contribution in [1.82, 2.24) is 14.5 Å². The van der Waals surface area contributed by atoms with Gasteiger partial charge >= 0.3 is 5.69 Å². The molecule has 7 nitrogen and oxygen atoms in total. The summed E-state index contributed by atoms with van der Waals surface area (Å²) >= 11 is 0. The second-order valence-electron chi connectivity index (χ2n) is 14.4. The average molecular weight is 638 g/mol. The van der Waals surface area contributed by atoms with E-state index in [-0.39, 0.29) is 23.1 Å². The van der Waals surface area contributed by atoms with Gasteiger partial charge in [0.25, 0.3) is 8.32 Å². The van der Waals surface area contributed by atoms with Crippen LogP contribution in [-0.2, 0) is 27.5 Å². The van der Waals surface area contributed by atoms with E-state index in [1.54, 1.807) is 16.2 Å². The molecule has 1 saturated carbocycles. The predicted molar refractivity (Wildman–Crippen MR) is 186 cm³/mol. The molecule has 2 amide bonds. The Morgan fingerprint density at radius 1 is 0.804 bits per heavy atom. The lowest BCUT2D eigenvalue weighted by Gasteiger charge is -2.44. The summed E-state index contributed by atoms with van der Waals surface area (Å²) in [4.78, 5) is 37.3. The van der Waals surface area contributed by atoms with Crippen LogP contribution in [-0.4, -0.2) is 35.9 Å². The minimum atomic E-state index is -2.52. The number of carbonyl (C=O) groups is 2. The zero-order chi connectivity index (χ0) is 32.5. The molecular weight excluding hydrogens is 591 g/mol. The number of imide groups is 1. The minimum Gasteiger partial charge on any atom is -0.407 e. The van der Waals surface area contributed by atoms with Gasteiger partial charge in [-0.2, -0.15) is 0 Å². The molecule has 1 aromatic heterocycles. The molecule has 1 atom stereocenters. The van der Waals surface area contributed by atoms with E-state index in [1.165, 1.54) is 41.6 Å². The molecule has 3 aromatic carbocycles. The van der Waals surface area contributed by atoms with Crippen LogP contribution >= 0.6 is 0 Å². The summed E-state index contributed by atoms with van der Waals surface area (Å²) in [5.41, 5.74) is 2.56. The van der Waals surface area contributed by atoms with Crippen molar-refractivity contribution in [2.45, 2.75) is 83.2 Å². The number of nitrogens with zero attached hydrogens (tertiary/aromatic N) is 2. The molecule has 242 valence electrons. The predicted octanol–water partition coefficient (Wildman–Crippen LogP) is 5.63. The van der Waals surface area contributed by atoms with Gasteiger partial charge in [0, 0.05) is 20.1 Å². The van der Waals surface area contributed by atoms with E-state index in [9.17, 15) is 14.4 Å². The van der Waals surface area contributed by atoms with Gasteiger partial charge < -0.3 is 4.43 Å². The SMILES string of the molecule is Cn1c(=O)n(C2CCC(=O)NC2=O)c2ccc(CC[C@H]3CC[C@@H](CO[Si](c4ccccc4)(c4ccccc4)C(C)(C)C)CC3)cc21. The molecule has 6 rings (SSSR count). The molecule has 1 aliphatic carbocycles. The molecule has 0 radical (unpaired) electrons. The number of aryl methyl sites for hydroxylation is 2. The van der Waals surface area contributed by atoms with Gasteiger partial charge in [-0.15, -0.1) is 0 Å². The number of amides is 2. The number of benzene rings is 3. The van der Waals surface area contributed by atoms with Crippen molar-refractivity contribution in [1.29, 1.82) is 0 Å². The lowest BCUT2D eigenvalue weighted by molar-refractivity contribution is -0.135. The average Bonchev–Trinajstić information content (AvgIpc) is 3.30. The Morgan fingerprint density at radius 2 is 1.41 bits per heavy atom. The van der Waals surface area contributed by atoms with Crippen LogP contribution in [0, 0.1) is 11.8 Å². The van der Waals surface area contributed by atoms with Gasteiger partial charge in [0.15, 0.2) is 0 Å². The zero-order valence-corrected chi connectivity index (χ0v) is 28.6. The van der Waals surface area contributed by atoms with Crippen LogP contribution in [0.2, 0.25) is 5.04 Å². The third kappa shape index (κ3) is 6.17. The van der Waals surface area contributed by atoms with Gasteiger partial charge in [-0.05, 0) is 77.0 Å². The monoisotopic (exact) mass is 637 g/mol. The number of hydrogen-bond acceptors (Lipinski definition) is 4. The van der Waals surface area contributed by atoms with Crippen LogP contribution in [0.15, 0.2) is 83.7 Å². The molecule has 1 N–H and O–H groups in total. The van der Waals surface area contributed by atoms with Crippen LogP contribution in [0.25, 0.3) is 11.0 Å². The molecule has 2 aliphatic rings. The highest BCUT2D eigenvalue weighted by molar-refractivity contribution is 6.99. The van der Waals surface area contributed by atoms with Crippen LogP contribution in [0.1, 0.15) is 77.3 Å². The maximum Gasteiger partial charge on any atom is 0.329 e. The van der Waals surface area contributed by atoms with Crippen molar-refractivity contribution in [3.8, 4) is 0 Å². The molecule has 0 spiro atoms.